The molecule has 24 heavy (non-hydrogen) atoms. The van der Waals surface area contributed by atoms with Gasteiger partial charge in [0.15, 0.2) is 5.96 Å². The molecule has 0 radical (unpaired) electrons. The minimum absolute atomic E-state index is 0. The molecule has 0 aliphatic carbocycles. The Kier molecular flexibility index (Phi) is 8.99. The molecular weight excluding hydrogens is 439 g/mol. The highest BCUT2D eigenvalue weighted by Crippen LogP contribution is 2.12. The van der Waals surface area contributed by atoms with Crippen molar-refractivity contribution < 1.29 is 8.42 Å². The van der Waals surface area contributed by atoms with Crippen molar-refractivity contribution in [1.82, 2.24) is 14.5 Å². The average molecular weight is 466 g/mol. The zero-order valence-electron chi connectivity index (χ0n) is 14.3. The van der Waals surface area contributed by atoms with E-state index in [0.29, 0.717) is 19.6 Å². The van der Waals surface area contributed by atoms with Crippen LogP contribution in [-0.4, -0.2) is 62.6 Å². The highest BCUT2D eigenvalue weighted by molar-refractivity contribution is 14.0. The van der Waals surface area contributed by atoms with Crippen molar-refractivity contribution in [3.05, 3.63) is 35.9 Å². The maximum absolute atomic E-state index is 11.8. The molecule has 0 atom stereocenters. The monoisotopic (exact) mass is 466 g/mol. The third kappa shape index (κ3) is 6.21. The van der Waals surface area contributed by atoms with Gasteiger partial charge in [0.25, 0.3) is 0 Å². The molecule has 0 spiro atoms. The Morgan fingerprint density at radius 2 is 2.04 bits per heavy atom. The van der Waals surface area contributed by atoms with E-state index in [0.717, 1.165) is 25.5 Å². The van der Waals surface area contributed by atoms with E-state index in [9.17, 15) is 8.42 Å². The number of nitrogens with zero attached hydrogens (tertiary/aromatic N) is 3. The standard InChI is InChI=1S/C16H26N4O2S.HI/c1-3-17-16(19(2)14-15-8-5-4-6-9-15)18-10-12-20-11-7-13-23(20,21)22;/h4-6,8-9H,3,7,10-14H2,1-2H3,(H,17,18);1H. The zero-order valence-corrected chi connectivity index (χ0v) is 17.5. The summed E-state index contributed by atoms with van der Waals surface area (Å²) in [6.07, 6.45) is 0.722. The highest BCUT2D eigenvalue weighted by atomic mass is 127. The van der Waals surface area contributed by atoms with Crippen molar-refractivity contribution in [3.63, 3.8) is 0 Å². The van der Waals surface area contributed by atoms with Crippen LogP contribution in [0.3, 0.4) is 0 Å². The summed E-state index contributed by atoms with van der Waals surface area (Å²) in [4.78, 5) is 6.62. The van der Waals surface area contributed by atoms with Crippen LogP contribution in [0.4, 0.5) is 0 Å². The molecule has 1 aliphatic rings. The van der Waals surface area contributed by atoms with Gasteiger partial charge in [0.05, 0.1) is 12.3 Å². The molecule has 2 rings (SSSR count). The van der Waals surface area contributed by atoms with Crippen LogP contribution < -0.4 is 5.32 Å². The van der Waals surface area contributed by atoms with Crippen LogP contribution in [0.2, 0.25) is 0 Å². The molecule has 0 aromatic heterocycles. The zero-order chi connectivity index (χ0) is 16.7. The summed E-state index contributed by atoms with van der Waals surface area (Å²) in [7, 11) is -1.05. The van der Waals surface area contributed by atoms with Crippen LogP contribution in [0.5, 0.6) is 0 Å². The summed E-state index contributed by atoms with van der Waals surface area (Å²) in [6, 6.07) is 10.2. The summed E-state index contributed by atoms with van der Waals surface area (Å²) in [5.74, 6) is 1.07. The van der Waals surface area contributed by atoms with Gasteiger partial charge in [0.1, 0.15) is 0 Å². The van der Waals surface area contributed by atoms with E-state index in [1.807, 2.05) is 32.2 Å². The number of aliphatic imine (C=N–C) groups is 1. The van der Waals surface area contributed by atoms with Gasteiger partial charge < -0.3 is 10.2 Å². The maximum Gasteiger partial charge on any atom is 0.214 e. The molecule has 8 heteroatoms. The molecular formula is C16H27IN4O2S. The Bertz CT molecular complexity index is 622. The molecule has 0 saturated carbocycles. The van der Waals surface area contributed by atoms with E-state index >= 15 is 0 Å². The second kappa shape index (κ2) is 10.2. The normalized spacial score (nSPS) is 17.3. The number of sulfonamides is 1. The third-order valence-electron chi connectivity index (χ3n) is 3.77. The molecule has 1 aliphatic heterocycles. The van der Waals surface area contributed by atoms with Crippen molar-refractivity contribution in [1.29, 1.82) is 0 Å². The molecule has 1 aromatic carbocycles. The lowest BCUT2D eigenvalue weighted by molar-refractivity contribution is 0.445. The van der Waals surface area contributed by atoms with Crippen LogP contribution in [-0.2, 0) is 16.6 Å². The molecule has 0 unspecified atom stereocenters. The molecule has 1 heterocycles. The first-order valence-electron chi connectivity index (χ1n) is 8.04. The van der Waals surface area contributed by atoms with Crippen molar-refractivity contribution in [2.75, 3.05) is 39.0 Å². The van der Waals surface area contributed by atoms with Crippen molar-refractivity contribution in [2.24, 2.45) is 4.99 Å². The maximum atomic E-state index is 11.8. The topological polar surface area (TPSA) is 65.0 Å². The fourth-order valence-corrected chi connectivity index (χ4v) is 4.13. The predicted molar refractivity (Wildman–Crippen MR) is 109 cm³/mol. The summed E-state index contributed by atoms with van der Waals surface area (Å²) >= 11 is 0. The van der Waals surface area contributed by atoms with Crippen LogP contribution in [0, 0.1) is 0 Å². The number of guanidine groups is 1. The number of rotatable bonds is 6. The molecule has 1 fully saturated rings. The first-order chi connectivity index (χ1) is 11.0. The summed E-state index contributed by atoms with van der Waals surface area (Å²) in [5.41, 5.74) is 1.21. The fraction of sp³-hybridized carbons (Fsp3) is 0.562. The Morgan fingerprint density at radius 1 is 1.33 bits per heavy atom. The fourth-order valence-electron chi connectivity index (χ4n) is 2.61. The number of hydrogen-bond acceptors (Lipinski definition) is 3. The van der Waals surface area contributed by atoms with Crippen molar-refractivity contribution in [3.8, 4) is 0 Å². The van der Waals surface area contributed by atoms with Gasteiger partial charge >= 0.3 is 0 Å². The lowest BCUT2D eigenvalue weighted by Gasteiger charge is -2.22. The third-order valence-corrected chi connectivity index (χ3v) is 5.73. The number of nitrogens with one attached hydrogen (secondary N) is 1. The summed E-state index contributed by atoms with van der Waals surface area (Å²) in [6.45, 7) is 5.11. The lowest BCUT2D eigenvalue weighted by atomic mass is 10.2. The molecule has 1 N–H and O–H groups in total. The Morgan fingerprint density at radius 3 is 2.62 bits per heavy atom. The number of halogens is 1. The van der Waals surface area contributed by atoms with Gasteiger partial charge in [-0.25, -0.2) is 12.7 Å². The largest absolute Gasteiger partial charge is 0.357 e. The average Bonchev–Trinajstić information content (AvgIpc) is 2.86. The van der Waals surface area contributed by atoms with Gasteiger partial charge in [0, 0.05) is 33.2 Å². The smallest absolute Gasteiger partial charge is 0.214 e. The van der Waals surface area contributed by atoms with Crippen molar-refractivity contribution >= 4 is 40.0 Å². The SMILES string of the molecule is CCNC(=NCCN1CCCS1(=O)=O)N(C)Cc1ccccc1.I. The minimum atomic E-state index is -3.04. The van der Waals surface area contributed by atoms with Gasteiger partial charge in [-0.05, 0) is 18.9 Å². The van der Waals surface area contributed by atoms with Crippen LogP contribution in [0.25, 0.3) is 0 Å². The molecule has 0 bridgehead atoms. The van der Waals surface area contributed by atoms with Gasteiger partial charge in [0.2, 0.25) is 10.0 Å². The summed E-state index contributed by atoms with van der Waals surface area (Å²) < 4.78 is 25.1. The molecule has 1 aromatic rings. The van der Waals surface area contributed by atoms with Gasteiger partial charge in [-0.3, -0.25) is 4.99 Å². The van der Waals surface area contributed by atoms with Crippen molar-refractivity contribution in [2.45, 2.75) is 19.9 Å². The molecule has 0 amide bonds. The predicted octanol–water partition coefficient (Wildman–Crippen LogP) is 1.74. The van der Waals surface area contributed by atoms with E-state index in [2.05, 4.69) is 27.3 Å². The van der Waals surface area contributed by atoms with E-state index in [-0.39, 0.29) is 29.7 Å². The Balaban J connectivity index is 0.00000288. The quantitative estimate of drug-likeness (QED) is 0.394. The number of benzene rings is 1. The first kappa shape index (κ1) is 21.2. The summed E-state index contributed by atoms with van der Waals surface area (Å²) in [5, 5.41) is 3.26. The molecule has 6 nitrogen and oxygen atoms in total. The van der Waals surface area contributed by atoms with Crippen LogP contribution in [0.15, 0.2) is 35.3 Å². The van der Waals surface area contributed by atoms with Gasteiger partial charge in [-0.2, -0.15) is 0 Å². The highest BCUT2D eigenvalue weighted by Gasteiger charge is 2.27. The van der Waals surface area contributed by atoms with E-state index < -0.39 is 10.0 Å². The van der Waals surface area contributed by atoms with E-state index in [4.69, 9.17) is 0 Å². The first-order valence-corrected chi connectivity index (χ1v) is 9.65. The van der Waals surface area contributed by atoms with Crippen LogP contribution >= 0.6 is 24.0 Å². The van der Waals surface area contributed by atoms with Gasteiger partial charge in [-0.1, -0.05) is 30.3 Å². The second-order valence-corrected chi connectivity index (χ2v) is 7.73. The second-order valence-electron chi connectivity index (χ2n) is 5.65. The Labute approximate surface area is 162 Å². The molecule has 1 saturated heterocycles. The van der Waals surface area contributed by atoms with E-state index in [1.165, 1.54) is 9.87 Å². The number of hydrogen-bond donors (Lipinski definition) is 1. The van der Waals surface area contributed by atoms with E-state index in [1.54, 1.807) is 0 Å². The van der Waals surface area contributed by atoms with Crippen LogP contribution in [0.1, 0.15) is 18.9 Å². The van der Waals surface area contributed by atoms with Gasteiger partial charge in [-0.15, -0.1) is 24.0 Å². The minimum Gasteiger partial charge on any atom is -0.357 e. The Hall–Kier alpha value is -0.870. The lowest BCUT2D eigenvalue weighted by Crippen LogP contribution is -2.39. The molecule has 136 valence electrons.